The Bertz CT molecular complexity index is 506. The molecule has 1 amide bonds. The fraction of sp³-hybridized carbons (Fsp3) is 0.750. The molecular weight excluding hydrogens is 278 g/mol. The summed E-state index contributed by atoms with van der Waals surface area (Å²) in [5, 5.41) is 7.41. The monoisotopic (exact) mass is 305 g/mol. The summed E-state index contributed by atoms with van der Waals surface area (Å²) in [6, 6.07) is 0.0745. The smallest absolute Gasteiger partial charge is 0.244 e. The van der Waals surface area contributed by atoms with E-state index in [1.165, 1.54) is 19.3 Å². The van der Waals surface area contributed by atoms with Crippen LogP contribution in [0.4, 0.5) is 5.69 Å². The molecule has 0 aliphatic carbocycles. The maximum Gasteiger partial charge on any atom is 0.244 e. The van der Waals surface area contributed by atoms with Crippen molar-refractivity contribution in [1.82, 2.24) is 20.0 Å². The highest BCUT2D eigenvalue weighted by Crippen LogP contribution is 2.28. The van der Waals surface area contributed by atoms with Gasteiger partial charge in [-0.05, 0) is 58.3 Å². The highest BCUT2D eigenvalue weighted by atomic mass is 16.2. The summed E-state index contributed by atoms with van der Waals surface area (Å²) >= 11 is 0. The molecule has 1 aromatic heterocycles. The molecule has 0 spiro atoms. The van der Waals surface area contributed by atoms with E-state index in [0.717, 1.165) is 44.2 Å². The van der Waals surface area contributed by atoms with Crippen LogP contribution in [0.2, 0.25) is 0 Å². The molecule has 1 aromatic rings. The minimum absolute atomic E-state index is 0.0745. The normalized spacial score (nSPS) is 24.4. The van der Waals surface area contributed by atoms with Crippen LogP contribution in [0.5, 0.6) is 0 Å². The molecule has 6 heteroatoms. The van der Waals surface area contributed by atoms with Gasteiger partial charge in [-0.3, -0.25) is 14.4 Å². The SMILES string of the molecule is CNCCC1CCN(C2CCN(c3cnn(C)c3)C2=O)CC1. The molecule has 22 heavy (non-hydrogen) atoms. The Hall–Kier alpha value is -1.40. The second kappa shape index (κ2) is 6.79. The first-order valence-corrected chi connectivity index (χ1v) is 8.37. The summed E-state index contributed by atoms with van der Waals surface area (Å²) in [5.41, 5.74) is 0.930. The summed E-state index contributed by atoms with van der Waals surface area (Å²) in [6.45, 7) is 4.04. The number of amides is 1. The molecule has 0 aromatic carbocycles. The second-order valence-electron chi connectivity index (χ2n) is 6.54. The number of hydrogen-bond donors (Lipinski definition) is 1. The van der Waals surface area contributed by atoms with Crippen LogP contribution in [-0.2, 0) is 11.8 Å². The van der Waals surface area contributed by atoms with Crippen LogP contribution in [0.25, 0.3) is 0 Å². The Morgan fingerprint density at radius 3 is 2.68 bits per heavy atom. The molecule has 3 rings (SSSR count). The van der Waals surface area contributed by atoms with Gasteiger partial charge in [-0.25, -0.2) is 0 Å². The van der Waals surface area contributed by atoms with Gasteiger partial charge in [0.05, 0.1) is 17.9 Å². The van der Waals surface area contributed by atoms with Gasteiger partial charge < -0.3 is 10.2 Å². The fourth-order valence-electron chi connectivity index (χ4n) is 3.71. The predicted molar refractivity (Wildman–Crippen MR) is 86.8 cm³/mol. The van der Waals surface area contributed by atoms with Gasteiger partial charge in [0.1, 0.15) is 0 Å². The van der Waals surface area contributed by atoms with E-state index in [1.54, 1.807) is 10.9 Å². The number of rotatable bonds is 5. The van der Waals surface area contributed by atoms with Crippen LogP contribution < -0.4 is 10.2 Å². The molecule has 0 bridgehead atoms. The zero-order valence-electron chi connectivity index (χ0n) is 13.7. The van der Waals surface area contributed by atoms with Crippen molar-refractivity contribution in [3.63, 3.8) is 0 Å². The molecule has 2 aliphatic rings. The molecule has 122 valence electrons. The molecule has 1 unspecified atom stereocenters. The van der Waals surface area contributed by atoms with Crippen LogP contribution in [0, 0.1) is 5.92 Å². The maximum atomic E-state index is 12.7. The van der Waals surface area contributed by atoms with E-state index < -0.39 is 0 Å². The van der Waals surface area contributed by atoms with Crippen molar-refractivity contribution >= 4 is 11.6 Å². The van der Waals surface area contributed by atoms with Crippen molar-refractivity contribution in [1.29, 1.82) is 0 Å². The van der Waals surface area contributed by atoms with Crippen molar-refractivity contribution in [2.24, 2.45) is 13.0 Å². The summed E-state index contributed by atoms with van der Waals surface area (Å²) in [4.78, 5) is 17.0. The lowest BCUT2D eigenvalue weighted by molar-refractivity contribution is -0.122. The minimum Gasteiger partial charge on any atom is -0.320 e. The maximum absolute atomic E-state index is 12.7. The number of aryl methyl sites for hydroxylation is 1. The number of carbonyl (C=O) groups is 1. The topological polar surface area (TPSA) is 53.4 Å². The highest BCUT2D eigenvalue weighted by Gasteiger charge is 2.38. The quantitative estimate of drug-likeness (QED) is 0.876. The molecule has 2 aliphatic heterocycles. The number of nitrogens with zero attached hydrogens (tertiary/aromatic N) is 4. The number of likely N-dealkylation sites (tertiary alicyclic amines) is 1. The Labute approximate surface area is 132 Å². The zero-order chi connectivity index (χ0) is 15.5. The number of aromatic nitrogens is 2. The molecule has 3 heterocycles. The third-order valence-corrected chi connectivity index (χ3v) is 5.07. The van der Waals surface area contributed by atoms with Crippen LogP contribution in [0.3, 0.4) is 0 Å². The van der Waals surface area contributed by atoms with Crippen LogP contribution in [0.1, 0.15) is 25.7 Å². The van der Waals surface area contributed by atoms with Crippen LogP contribution >= 0.6 is 0 Å². The number of carbonyl (C=O) groups excluding carboxylic acids is 1. The Balaban J connectivity index is 1.55. The summed E-state index contributed by atoms with van der Waals surface area (Å²) in [7, 11) is 3.90. The van der Waals surface area contributed by atoms with Gasteiger partial charge in [0, 0.05) is 19.8 Å². The molecule has 6 nitrogen and oxygen atoms in total. The van der Waals surface area contributed by atoms with Gasteiger partial charge in [-0.2, -0.15) is 5.10 Å². The van der Waals surface area contributed by atoms with Gasteiger partial charge in [-0.15, -0.1) is 0 Å². The van der Waals surface area contributed by atoms with E-state index in [0.29, 0.717) is 0 Å². The van der Waals surface area contributed by atoms with Gasteiger partial charge in [0.25, 0.3) is 0 Å². The first-order chi connectivity index (χ1) is 10.7. The van der Waals surface area contributed by atoms with Crippen molar-refractivity contribution < 1.29 is 4.79 Å². The van der Waals surface area contributed by atoms with E-state index in [2.05, 4.69) is 15.3 Å². The van der Waals surface area contributed by atoms with E-state index >= 15 is 0 Å². The van der Waals surface area contributed by atoms with Gasteiger partial charge in [0.2, 0.25) is 5.91 Å². The molecule has 0 saturated carbocycles. The lowest BCUT2D eigenvalue weighted by atomic mass is 9.92. The standard InChI is InChI=1S/C16H27N5O/c1-17-7-3-13-4-8-20(9-5-13)15-6-10-21(16(15)22)14-11-18-19(2)12-14/h11-13,15,17H,3-10H2,1-2H3. The predicted octanol–water partition coefficient (Wildman–Crippen LogP) is 0.847. The third kappa shape index (κ3) is 3.17. The van der Waals surface area contributed by atoms with Crippen LogP contribution in [-0.4, -0.2) is 59.9 Å². The first-order valence-electron chi connectivity index (χ1n) is 8.37. The second-order valence-corrected chi connectivity index (χ2v) is 6.54. The minimum atomic E-state index is 0.0745. The summed E-state index contributed by atoms with van der Waals surface area (Å²) < 4.78 is 1.75. The largest absolute Gasteiger partial charge is 0.320 e. The van der Waals surface area contributed by atoms with E-state index in [9.17, 15) is 4.79 Å². The van der Waals surface area contributed by atoms with Crippen molar-refractivity contribution in [3.05, 3.63) is 12.4 Å². The first kappa shape index (κ1) is 15.5. The molecular formula is C16H27N5O. The van der Waals surface area contributed by atoms with Crippen LogP contribution in [0.15, 0.2) is 12.4 Å². The Morgan fingerprint density at radius 1 is 1.27 bits per heavy atom. The summed E-state index contributed by atoms with van der Waals surface area (Å²) in [6.07, 6.45) is 8.34. The lowest BCUT2D eigenvalue weighted by Crippen LogP contribution is -2.46. The fourth-order valence-corrected chi connectivity index (χ4v) is 3.71. The average Bonchev–Trinajstić information content (AvgIpc) is 3.11. The highest BCUT2D eigenvalue weighted by molar-refractivity contribution is 5.99. The van der Waals surface area contributed by atoms with Crippen molar-refractivity contribution in [2.45, 2.75) is 31.7 Å². The van der Waals surface area contributed by atoms with Gasteiger partial charge in [0.15, 0.2) is 0 Å². The number of nitrogens with one attached hydrogen (secondary N) is 1. The number of anilines is 1. The van der Waals surface area contributed by atoms with E-state index in [4.69, 9.17) is 0 Å². The molecule has 1 N–H and O–H groups in total. The zero-order valence-corrected chi connectivity index (χ0v) is 13.7. The summed E-state index contributed by atoms with van der Waals surface area (Å²) in [5.74, 6) is 1.07. The van der Waals surface area contributed by atoms with Crippen molar-refractivity contribution in [2.75, 3.05) is 38.1 Å². The van der Waals surface area contributed by atoms with E-state index in [-0.39, 0.29) is 11.9 Å². The van der Waals surface area contributed by atoms with Gasteiger partial charge in [-0.1, -0.05) is 0 Å². The molecule has 2 fully saturated rings. The molecule has 1 atom stereocenters. The Morgan fingerprint density at radius 2 is 2.05 bits per heavy atom. The lowest BCUT2D eigenvalue weighted by Gasteiger charge is -2.35. The van der Waals surface area contributed by atoms with Gasteiger partial charge >= 0.3 is 0 Å². The molecule has 2 saturated heterocycles. The average molecular weight is 305 g/mol. The Kier molecular flexibility index (Phi) is 4.78. The van der Waals surface area contributed by atoms with Crippen molar-refractivity contribution in [3.8, 4) is 0 Å². The molecule has 0 radical (unpaired) electrons. The third-order valence-electron chi connectivity index (χ3n) is 5.07. The number of hydrogen-bond acceptors (Lipinski definition) is 4. The number of piperidine rings is 1. The van der Waals surface area contributed by atoms with E-state index in [1.807, 2.05) is 25.2 Å².